The summed E-state index contributed by atoms with van der Waals surface area (Å²) in [5.41, 5.74) is 3.22. The Kier molecular flexibility index (Phi) is 6.69. The Morgan fingerprint density at radius 3 is 2.40 bits per heavy atom. The van der Waals surface area contributed by atoms with Crippen LogP contribution in [0.5, 0.6) is 17.2 Å². The van der Waals surface area contributed by atoms with Crippen molar-refractivity contribution in [1.29, 1.82) is 0 Å². The van der Waals surface area contributed by atoms with Gasteiger partial charge in [-0.15, -0.1) is 0 Å². The Morgan fingerprint density at radius 2 is 1.72 bits per heavy atom. The lowest BCUT2D eigenvalue weighted by Gasteiger charge is -2.14. The topological polar surface area (TPSA) is 65.0 Å². The summed E-state index contributed by atoms with van der Waals surface area (Å²) in [7, 11) is 1.57. The second-order valence-electron chi connectivity index (χ2n) is 5.77. The Balaban J connectivity index is 1.89. The molecule has 1 N–H and O–H groups in total. The zero-order chi connectivity index (χ0) is 18.2. The molecule has 2 aromatic carbocycles. The number of hydrogen-bond donors (Lipinski definition) is 1. The molecule has 0 fully saturated rings. The Morgan fingerprint density at radius 1 is 1.00 bits per heavy atom. The number of carboxylic acid groups (broad SMARTS) is 1. The van der Waals surface area contributed by atoms with Crippen molar-refractivity contribution in [3.05, 3.63) is 53.1 Å². The Labute approximate surface area is 148 Å². The van der Waals surface area contributed by atoms with E-state index in [1.54, 1.807) is 13.2 Å². The first kappa shape index (κ1) is 18.6. The largest absolute Gasteiger partial charge is 0.493 e. The number of methoxy groups -OCH3 is 1. The van der Waals surface area contributed by atoms with Crippen LogP contribution in [0.2, 0.25) is 0 Å². The number of carbonyl (C=O) groups is 1. The fourth-order valence-corrected chi connectivity index (χ4v) is 2.42. The molecule has 0 aliphatic carbocycles. The smallest absolute Gasteiger partial charge is 0.303 e. The van der Waals surface area contributed by atoms with Gasteiger partial charge in [0.05, 0.1) is 7.11 Å². The highest BCUT2D eigenvalue weighted by molar-refractivity contribution is 5.67. The van der Waals surface area contributed by atoms with Gasteiger partial charge in [0.2, 0.25) is 0 Å². The molecule has 25 heavy (non-hydrogen) atoms. The van der Waals surface area contributed by atoms with Crippen LogP contribution in [0, 0.1) is 13.8 Å². The molecule has 0 aliphatic heterocycles. The van der Waals surface area contributed by atoms with E-state index in [-0.39, 0.29) is 6.42 Å². The number of ether oxygens (including phenoxy) is 3. The lowest BCUT2D eigenvalue weighted by Crippen LogP contribution is -2.10. The highest BCUT2D eigenvalue weighted by Gasteiger charge is 2.08. The molecule has 0 heterocycles. The van der Waals surface area contributed by atoms with Crippen LogP contribution >= 0.6 is 0 Å². The third-order valence-electron chi connectivity index (χ3n) is 4.01. The molecular weight excluding hydrogens is 320 g/mol. The van der Waals surface area contributed by atoms with E-state index >= 15 is 0 Å². The zero-order valence-electron chi connectivity index (χ0n) is 14.9. The van der Waals surface area contributed by atoms with Gasteiger partial charge in [0, 0.05) is 6.42 Å². The van der Waals surface area contributed by atoms with E-state index < -0.39 is 5.97 Å². The molecule has 134 valence electrons. The highest BCUT2D eigenvalue weighted by Crippen LogP contribution is 2.28. The van der Waals surface area contributed by atoms with Gasteiger partial charge < -0.3 is 19.3 Å². The van der Waals surface area contributed by atoms with Crippen LogP contribution in [-0.4, -0.2) is 31.4 Å². The van der Waals surface area contributed by atoms with Crippen LogP contribution in [0.15, 0.2) is 36.4 Å². The van der Waals surface area contributed by atoms with Gasteiger partial charge in [-0.3, -0.25) is 4.79 Å². The molecule has 2 rings (SSSR count). The van der Waals surface area contributed by atoms with E-state index in [1.165, 1.54) is 5.56 Å². The van der Waals surface area contributed by atoms with Crippen molar-refractivity contribution >= 4 is 5.97 Å². The minimum absolute atomic E-state index is 0.0903. The van der Waals surface area contributed by atoms with Gasteiger partial charge in [-0.05, 0) is 55.2 Å². The summed E-state index contributed by atoms with van der Waals surface area (Å²) in [4.78, 5) is 10.7. The minimum atomic E-state index is -0.817. The van der Waals surface area contributed by atoms with Crippen LogP contribution in [0.25, 0.3) is 0 Å². The van der Waals surface area contributed by atoms with Gasteiger partial charge in [0.15, 0.2) is 11.5 Å². The number of rotatable bonds is 9. The van der Waals surface area contributed by atoms with Crippen LogP contribution in [0.4, 0.5) is 0 Å². The van der Waals surface area contributed by atoms with Gasteiger partial charge in [-0.1, -0.05) is 18.2 Å². The average molecular weight is 344 g/mol. The number of aryl methyl sites for hydroxylation is 2. The summed E-state index contributed by atoms with van der Waals surface area (Å²) >= 11 is 0. The molecule has 0 bridgehead atoms. The molecule has 0 atom stereocenters. The van der Waals surface area contributed by atoms with Gasteiger partial charge >= 0.3 is 5.97 Å². The fraction of sp³-hybridized carbons (Fsp3) is 0.350. The standard InChI is InChI=1S/C20H24O5/c1-14-5-4-6-17(15(14)2)24-11-12-25-18-9-7-16(8-10-20(21)22)13-19(18)23-3/h4-7,9,13H,8,10-12H2,1-3H3,(H,21,22). The maximum atomic E-state index is 10.7. The van der Waals surface area contributed by atoms with Crippen molar-refractivity contribution in [3.63, 3.8) is 0 Å². The van der Waals surface area contributed by atoms with Crippen LogP contribution < -0.4 is 14.2 Å². The number of carboxylic acids is 1. The molecule has 0 unspecified atom stereocenters. The second kappa shape index (κ2) is 8.97. The maximum Gasteiger partial charge on any atom is 0.303 e. The lowest BCUT2D eigenvalue weighted by atomic mass is 10.1. The van der Waals surface area contributed by atoms with Crippen LogP contribution in [0.1, 0.15) is 23.1 Å². The molecule has 0 radical (unpaired) electrons. The molecule has 0 spiro atoms. The lowest BCUT2D eigenvalue weighted by molar-refractivity contribution is -0.136. The third kappa shape index (κ3) is 5.41. The van der Waals surface area contributed by atoms with E-state index in [0.717, 1.165) is 16.9 Å². The first-order valence-electron chi connectivity index (χ1n) is 8.21. The molecule has 5 heteroatoms. The van der Waals surface area contributed by atoms with E-state index in [1.807, 2.05) is 31.2 Å². The molecule has 0 aliphatic rings. The zero-order valence-corrected chi connectivity index (χ0v) is 14.9. The Hall–Kier alpha value is -2.69. The SMILES string of the molecule is COc1cc(CCC(=O)O)ccc1OCCOc1cccc(C)c1C. The van der Waals surface area contributed by atoms with E-state index in [0.29, 0.717) is 31.1 Å². The number of hydrogen-bond acceptors (Lipinski definition) is 4. The summed E-state index contributed by atoms with van der Waals surface area (Å²) in [5, 5.41) is 8.76. The predicted octanol–water partition coefficient (Wildman–Crippen LogP) is 3.79. The van der Waals surface area contributed by atoms with E-state index in [9.17, 15) is 4.79 Å². The monoisotopic (exact) mass is 344 g/mol. The van der Waals surface area contributed by atoms with Crippen molar-refractivity contribution in [1.82, 2.24) is 0 Å². The summed E-state index contributed by atoms with van der Waals surface area (Å²) in [6.07, 6.45) is 0.550. The van der Waals surface area contributed by atoms with Gasteiger partial charge in [-0.25, -0.2) is 0 Å². The van der Waals surface area contributed by atoms with Crippen molar-refractivity contribution in [2.45, 2.75) is 26.7 Å². The molecule has 2 aromatic rings. The molecule has 0 amide bonds. The maximum absolute atomic E-state index is 10.7. The van der Waals surface area contributed by atoms with Crippen molar-refractivity contribution in [2.24, 2.45) is 0 Å². The summed E-state index contributed by atoms with van der Waals surface area (Å²) in [6, 6.07) is 11.4. The molecule has 0 saturated heterocycles. The van der Waals surface area contributed by atoms with Crippen LogP contribution in [0.3, 0.4) is 0 Å². The van der Waals surface area contributed by atoms with Crippen molar-refractivity contribution in [2.75, 3.05) is 20.3 Å². The Bertz CT molecular complexity index is 724. The number of benzene rings is 2. The van der Waals surface area contributed by atoms with Gasteiger partial charge in [-0.2, -0.15) is 0 Å². The quantitative estimate of drug-likeness (QED) is 0.701. The molecular formula is C20H24O5. The first-order chi connectivity index (χ1) is 12.0. The fourth-order valence-electron chi connectivity index (χ4n) is 2.42. The van der Waals surface area contributed by atoms with Crippen molar-refractivity contribution < 1.29 is 24.1 Å². The molecule has 0 saturated carbocycles. The van der Waals surface area contributed by atoms with E-state index in [2.05, 4.69) is 13.0 Å². The summed E-state index contributed by atoms with van der Waals surface area (Å²) < 4.78 is 16.8. The van der Waals surface area contributed by atoms with Gasteiger partial charge in [0.1, 0.15) is 19.0 Å². The number of aliphatic carboxylic acids is 1. The van der Waals surface area contributed by atoms with E-state index in [4.69, 9.17) is 19.3 Å². The van der Waals surface area contributed by atoms with Crippen LogP contribution in [-0.2, 0) is 11.2 Å². The van der Waals surface area contributed by atoms with Crippen molar-refractivity contribution in [3.8, 4) is 17.2 Å². The second-order valence-corrected chi connectivity index (χ2v) is 5.77. The predicted molar refractivity (Wildman–Crippen MR) is 95.9 cm³/mol. The summed E-state index contributed by atoms with van der Waals surface area (Å²) in [5.74, 6) is 1.25. The molecule has 0 aromatic heterocycles. The normalized spacial score (nSPS) is 10.4. The highest BCUT2D eigenvalue weighted by atomic mass is 16.5. The summed E-state index contributed by atoms with van der Waals surface area (Å²) in [6.45, 7) is 4.90. The molecule has 5 nitrogen and oxygen atoms in total. The third-order valence-corrected chi connectivity index (χ3v) is 4.01. The minimum Gasteiger partial charge on any atom is -0.493 e. The van der Waals surface area contributed by atoms with Gasteiger partial charge in [0.25, 0.3) is 0 Å². The first-order valence-corrected chi connectivity index (χ1v) is 8.21. The average Bonchev–Trinajstić information content (AvgIpc) is 2.60.